The van der Waals surface area contributed by atoms with Gasteiger partial charge in [-0.1, -0.05) is 205 Å². The molecule has 10 saturated carbocycles. The first-order valence-corrected chi connectivity index (χ1v) is 26.8. The molecule has 0 nitrogen and oxygen atoms in total. The molecule has 0 amide bonds. The Bertz CT molecular complexity index is 1040. The van der Waals surface area contributed by atoms with Crippen LogP contribution in [0.25, 0.3) is 0 Å². The van der Waals surface area contributed by atoms with E-state index in [0.717, 1.165) is 107 Å². The molecule has 0 heteroatoms. The van der Waals surface area contributed by atoms with E-state index in [0.29, 0.717) is 0 Å². The van der Waals surface area contributed by atoms with Crippen molar-refractivity contribution in [1.29, 1.82) is 0 Å². The molecule has 0 aromatic heterocycles. The Hall–Kier alpha value is 0. The Morgan fingerprint density at radius 3 is 0.648 bits per heavy atom. The minimum Gasteiger partial charge on any atom is -0.0533 e. The molecule has 0 aliphatic heterocycles. The van der Waals surface area contributed by atoms with Crippen LogP contribution in [0.1, 0.15) is 231 Å². The van der Waals surface area contributed by atoms with Gasteiger partial charge in [0.2, 0.25) is 0 Å². The van der Waals surface area contributed by atoms with Crippen molar-refractivity contribution in [1.82, 2.24) is 0 Å². The van der Waals surface area contributed by atoms with Gasteiger partial charge in [-0.05, 0) is 132 Å². The zero-order valence-electron chi connectivity index (χ0n) is 35.8. The zero-order valence-corrected chi connectivity index (χ0v) is 35.8. The van der Waals surface area contributed by atoms with Crippen molar-refractivity contribution in [3.8, 4) is 0 Å². The van der Waals surface area contributed by atoms with Crippen LogP contribution in [0.2, 0.25) is 0 Å². The fraction of sp³-hybridized carbons (Fsp3) is 1.00. The van der Waals surface area contributed by atoms with Gasteiger partial charge in [-0.3, -0.25) is 0 Å². The molecule has 54 heavy (non-hydrogen) atoms. The van der Waals surface area contributed by atoms with Crippen LogP contribution in [0, 0.1) is 107 Å². The largest absolute Gasteiger partial charge is 0.0533 e. The van der Waals surface area contributed by atoms with E-state index in [1.807, 2.05) is 0 Å². The third-order valence-electron chi connectivity index (χ3n) is 21.6. The van der Waals surface area contributed by atoms with Crippen LogP contribution < -0.4 is 0 Å². The summed E-state index contributed by atoms with van der Waals surface area (Å²) in [5.41, 5.74) is 0. The highest BCUT2D eigenvalue weighted by atomic mass is 14.7. The van der Waals surface area contributed by atoms with Crippen molar-refractivity contribution >= 4 is 0 Å². The van der Waals surface area contributed by atoms with Crippen LogP contribution in [0.4, 0.5) is 0 Å². The minimum absolute atomic E-state index is 1.10. The van der Waals surface area contributed by atoms with Crippen LogP contribution in [0.5, 0.6) is 0 Å². The summed E-state index contributed by atoms with van der Waals surface area (Å²) < 4.78 is 0. The minimum atomic E-state index is 1.10. The summed E-state index contributed by atoms with van der Waals surface area (Å²) in [4.78, 5) is 0. The Morgan fingerprint density at radius 2 is 0.370 bits per heavy atom. The van der Waals surface area contributed by atoms with Gasteiger partial charge in [-0.2, -0.15) is 0 Å². The van der Waals surface area contributed by atoms with Crippen molar-refractivity contribution in [3.63, 3.8) is 0 Å². The van der Waals surface area contributed by atoms with Gasteiger partial charge in [-0.15, -0.1) is 0 Å². The van der Waals surface area contributed by atoms with Gasteiger partial charge in [0, 0.05) is 0 Å². The summed E-state index contributed by atoms with van der Waals surface area (Å²) in [7, 11) is 0. The van der Waals surface area contributed by atoms with Crippen LogP contribution >= 0.6 is 0 Å². The lowest BCUT2D eigenvalue weighted by molar-refractivity contribution is -0.220. The second-order valence-corrected chi connectivity index (χ2v) is 23.6. The Labute approximate surface area is 336 Å². The molecular weight excluding hydrogens is 649 g/mol. The van der Waals surface area contributed by atoms with Crippen molar-refractivity contribution in [2.75, 3.05) is 0 Å². The first-order valence-electron chi connectivity index (χ1n) is 26.8. The summed E-state index contributed by atoms with van der Waals surface area (Å²) >= 11 is 0. The maximum Gasteiger partial charge on any atom is -0.0313 e. The molecule has 0 bridgehead atoms. The predicted molar refractivity (Wildman–Crippen MR) is 229 cm³/mol. The SMILES string of the molecule is C1CCC(C2CC3C(CC2C2CCCCC2)C(C2CCCCC2)C2C(C4CCCCC4)C4CCCCC4C(C4CCCCC4)C2C3C2CCCCC2)CC1. The van der Waals surface area contributed by atoms with Crippen LogP contribution in [0.3, 0.4) is 0 Å². The van der Waals surface area contributed by atoms with Gasteiger partial charge in [0.15, 0.2) is 0 Å². The summed E-state index contributed by atoms with van der Waals surface area (Å²) in [5.74, 6) is 20.1. The van der Waals surface area contributed by atoms with E-state index in [9.17, 15) is 0 Å². The summed E-state index contributed by atoms with van der Waals surface area (Å²) in [6.45, 7) is 0. The van der Waals surface area contributed by atoms with Crippen LogP contribution in [-0.2, 0) is 0 Å². The Balaban J connectivity index is 1.14. The number of hydrogen-bond donors (Lipinski definition) is 0. The second kappa shape index (κ2) is 17.7. The maximum absolute atomic E-state index is 1.74. The third-order valence-corrected chi connectivity index (χ3v) is 21.6. The number of fused-ring (bicyclic) bond motifs is 3. The molecule has 0 radical (unpaired) electrons. The smallest absolute Gasteiger partial charge is 0.0313 e. The molecule has 12 atom stereocenters. The Morgan fingerprint density at radius 1 is 0.148 bits per heavy atom. The summed E-state index contributed by atoms with van der Waals surface area (Å²) in [6, 6.07) is 0. The van der Waals surface area contributed by atoms with Gasteiger partial charge in [0.1, 0.15) is 0 Å². The van der Waals surface area contributed by atoms with Crippen molar-refractivity contribution in [3.05, 3.63) is 0 Å². The fourth-order valence-electron chi connectivity index (χ4n) is 20.0. The lowest BCUT2D eigenvalue weighted by atomic mass is 9.35. The van der Waals surface area contributed by atoms with Crippen molar-refractivity contribution < 1.29 is 0 Å². The van der Waals surface area contributed by atoms with Gasteiger partial charge in [0.25, 0.3) is 0 Å². The molecule has 0 aromatic rings. The summed E-state index contributed by atoms with van der Waals surface area (Å²) in [5, 5.41) is 0. The highest BCUT2D eigenvalue weighted by molar-refractivity contribution is 5.14. The highest BCUT2D eigenvalue weighted by Gasteiger charge is 2.66. The van der Waals surface area contributed by atoms with Crippen molar-refractivity contribution in [2.24, 2.45) is 107 Å². The standard InChI is InChI=1S/C54H90/c1-7-21-37(22-8-1)45-35-47-48(36-46(45)38-23-9-2-10-24-38)52(42-31-17-6-18-32-42)54-50(40-27-13-4-14-28-40)44-34-20-19-33-43(44)49(39-25-11-3-12-26-39)53(54)51(47)41-29-15-5-16-30-41/h37-54H,1-36H2. The molecular formula is C54H90. The predicted octanol–water partition coefficient (Wildman–Crippen LogP) is 16.3. The lowest BCUT2D eigenvalue weighted by Gasteiger charge is -2.70. The van der Waals surface area contributed by atoms with E-state index < -0.39 is 0 Å². The maximum atomic E-state index is 1.74. The van der Waals surface area contributed by atoms with Crippen LogP contribution in [-0.4, -0.2) is 0 Å². The molecule has 10 fully saturated rings. The molecule has 0 heterocycles. The van der Waals surface area contributed by atoms with E-state index >= 15 is 0 Å². The zero-order chi connectivity index (χ0) is 35.8. The molecule has 0 N–H and O–H groups in total. The van der Waals surface area contributed by atoms with Gasteiger partial charge in [0.05, 0.1) is 0 Å². The molecule has 10 aliphatic carbocycles. The number of rotatable bonds is 6. The first kappa shape index (κ1) is 38.2. The molecule has 10 rings (SSSR count). The molecule has 306 valence electrons. The molecule has 10 aliphatic rings. The van der Waals surface area contributed by atoms with Gasteiger partial charge < -0.3 is 0 Å². The van der Waals surface area contributed by atoms with Gasteiger partial charge >= 0.3 is 0 Å². The highest BCUT2D eigenvalue weighted by Crippen LogP contribution is 2.72. The topological polar surface area (TPSA) is 0 Å². The third kappa shape index (κ3) is 7.42. The fourth-order valence-corrected chi connectivity index (χ4v) is 20.0. The second-order valence-electron chi connectivity index (χ2n) is 23.6. The van der Waals surface area contributed by atoms with Crippen LogP contribution in [0.15, 0.2) is 0 Å². The molecule has 0 aromatic carbocycles. The van der Waals surface area contributed by atoms with E-state index in [-0.39, 0.29) is 0 Å². The van der Waals surface area contributed by atoms with E-state index in [2.05, 4.69) is 0 Å². The monoisotopic (exact) mass is 739 g/mol. The molecule has 12 unspecified atom stereocenters. The van der Waals surface area contributed by atoms with E-state index in [1.165, 1.54) is 0 Å². The van der Waals surface area contributed by atoms with E-state index in [1.54, 1.807) is 231 Å². The molecule has 0 spiro atoms. The first-order chi connectivity index (χ1) is 26.8. The van der Waals surface area contributed by atoms with Crippen molar-refractivity contribution in [2.45, 2.75) is 231 Å². The molecule has 0 saturated heterocycles. The quantitative estimate of drug-likeness (QED) is 0.255. The van der Waals surface area contributed by atoms with Gasteiger partial charge in [-0.25, -0.2) is 0 Å². The summed E-state index contributed by atoms with van der Waals surface area (Å²) in [6.07, 6.45) is 57.9. The Kier molecular flexibility index (Phi) is 12.5. The van der Waals surface area contributed by atoms with E-state index in [4.69, 9.17) is 0 Å². The average Bonchev–Trinajstić information content (AvgIpc) is 3.26. The average molecular weight is 739 g/mol. The normalized spacial score (nSPS) is 46.0. The lowest BCUT2D eigenvalue weighted by Crippen LogP contribution is -2.64. The number of hydrogen-bond acceptors (Lipinski definition) is 0.